The Morgan fingerprint density at radius 2 is 1.71 bits per heavy atom. The summed E-state index contributed by atoms with van der Waals surface area (Å²) in [6, 6.07) is 12.0. The Labute approximate surface area is 171 Å². The van der Waals surface area contributed by atoms with Gasteiger partial charge in [-0.1, -0.05) is 29.8 Å². The number of rotatable bonds is 5. The van der Waals surface area contributed by atoms with E-state index in [4.69, 9.17) is 11.6 Å². The maximum absolute atomic E-state index is 13.1. The Balaban J connectivity index is 1.76. The van der Waals surface area contributed by atoms with Gasteiger partial charge < -0.3 is 10.2 Å². The number of amides is 1. The van der Waals surface area contributed by atoms with Gasteiger partial charge in [0.25, 0.3) is 5.91 Å². The van der Waals surface area contributed by atoms with E-state index in [0.29, 0.717) is 48.9 Å². The number of carbonyl (C=O) groups is 1. The van der Waals surface area contributed by atoms with Gasteiger partial charge in [0.05, 0.1) is 4.90 Å². The third kappa shape index (κ3) is 4.72. The maximum atomic E-state index is 13.1. The van der Waals surface area contributed by atoms with Crippen LogP contribution in [0.2, 0.25) is 5.02 Å². The topological polar surface area (TPSA) is 69.7 Å². The highest BCUT2D eigenvalue weighted by atomic mass is 35.5. The van der Waals surface area contributed by atoms with E-state index in [0.717, 1.165) is 5.56 Å². The van der Waals surface area contributed by atoms with E-state index in [2.05, 4.69) is 10.2 Å². The molecule has 0 saturated carbocycles. The number of halogens is 1. The minimum Gasteiger partial charge on any atom is -0.348 e. The second-order valence-electron chi connectivity index (χ2n) is 7.00. The SMILES string of the molecule is Cc1ccc(C(=O)NCc2ccc(Cl)cc2)cc1S(=O)(=O)N1CCN(C)CC1. The average molecular weight is 422 g/mol. The van der Waals surface area contributed by atoms with Gasteiger partial charge in [-0.3, -0.25) is 4.79 Å². The summed E-state index contributed by atoms with van der Waals surface area (Å²) in [7, 11) is -1.66. The van der Waals surface area contributed by atoms with Gasteiger partial charge in [0.15, 0.2) is 0 Å². The zero-order valence-corrected chi connectivity index (χ0v) is 17.6. The molecule has 1 saturated heterocycles. The fraction of sp³-hybridized carbons (Fsp3) is 0.350. The van der Waals surface area contributed by atoms with Gasteiger partial charge in [-0.15, -0.1) is 0 Å². The second kappa shape index (κ2) is 8.61. The van der Waals surface area contributed by atoms with Crippen LogP contribution in [0, 0.1) is 6.92 Å². The fourth-order valence-electron chi connectivity index (χ4n) is 3.07. The summed E-state index contributed by atoms with van der Waals surface area (Å²) in [6.45, 7) is 4.37. The minimum absolute atomic E-state index is 0.191. The van der Waals surface area contributed by atoms with Crippen molar-refractivity contribution in [2.24, 2.45) is 0 Å². The van der Waals surface area contributed by atoms with Crippen LogP contribution in [0.1, 0.15) is 21.5 Å². The van der Waals surface area contributed by atoms with Gasteiger partial charge in [0, 0.05) is 43.3 Å². The molecule has 8 heteroatoms. The molecule has 3 rings (SSSR count). The zero-order valence-electron chi connectivity index (χ0n) is 16.0. The third-order valence-corrected chi connectivity index (χ3v) is 7.19. The number of aryl methyl sites for hydroxylation is 1. The number of nitrogens with one attached hydrogen (secondary N) is 1. The van der Waals surface area contributed by atoms with E-state index < -0.39 is 10.0 Å². The summed E-state index contributed by atoms with van der Waals surface area (Å²) in [5.41, 5.74) is 1.87. The second-order valence-corrected chi connectivity index (χ2v) is 9.34. The summed E-state index contributed by atoms with van der Waals surface area (Å²) in [4.78, 5) is 14.8. The van der Waals surface area contributed by atoms with Gasteiger partial charge >= 0.3 is 0 Å². The van der Waals surface area contributed by atoms with Crippen molar-refractivity contribution >= 4 is 27.5 Å². The van der Waals surface area contributed by atoms with E-state index in [-0.39, 0.29) is 10.8 Å². The molecular weight excluding hydrogens is 398 g/mol. The smallest absolute Gasteiger partial charge is 0.251 e. The molecule has 0 unspecified atom stereocenters. The highest BCUT2D eigenvalue weighted by Crippen LogP contribution is 2.22. The molecule has 150 valence electrons. The highest BCUT2D eigenvalue weighted by Gasteiger charge is 2.29. The first-order valence-corrected chi connectivity index (χ1v) is 10.9. The summed E-state index contributed by atoms with van der Waals surface area (Å²) in [6.07, 6.45) is 0. The molecule has 1 heterocycles. The summed E-state index contributed by atoms with van der Waals surface area (Å²) in [5, 5.41) is 3.45. The van der Waals surface area contributed by atoms with E-state index in [1.54, 1.807) is 31.2 Å². The van der Waals surface area contributed by atoms with Crippen LogP contribution in [-0.2, 0) is 16.6 Å². The Morgan fingerprint density at radius 3 is 2.36 bits per heavy atom. The molecule has 2 aromatic carbocycles. The van der Waals surface area contributed by atoms with Crippen molar-refractivity contribution in [3.63, 3.8) is 0 Å². The number of likely N-dealkylation sites (N-methyl/N-ethyl adjacent to an activating group) is 1. The number of hydrogen-bond donors (Lipinski definition) is 1. The Bertz CT molecular complexity index is 953. The molecule has 2 aromatic rings. The predicted octanol–water partition coefficient (Wildman–Crippen LogP) is 2.51. The molecule has 1 amide bonds. The summed E-state index contributed by atoms with van der Waals surface area (Å²) in [5.74, 6) is -0.315. The Morgan fingerprint density at radius 1 is 1.07 bits per heavy atom. The van der Waals surface area contributed by atoms with Crippen molar-refractivity contribution in [2.45, 2.75) is 18.4 Å². The quantitative estimate of drug-likeness (QED) is 0.805. The van der Waals surface area contributed by atoms with Gasteiger partial charge in [-0.05, 0) is 49.4 Å². The van der Waals surface area contributed by atoms with Crippen LogP contribution in [0.4, 0.5) is 0 Å². The van der Waals surface area contributed by atoms with Crippen LogP contribution in [0.15, 0.2) is 47.4 Å². The van der Waals surface area contributed by atoms with Gasteiger partial charge in [0.2, 0.25) is 10.0 Å². The maximum Gasteiger partial charge on any atom is 0.251 e. The molecule has 0 bridgehead atoms. The summed E-state index contributed by atoms with van der Waals surface area (Å²) < 4.78 is 27.6. The zero-order chi connectivity index (χ0) is 20.3. The van der Waals surface area contributed by atoms with Gasteiger partial charge in [-0.25, -0.2) is 8.42 Å². The molecule has 28 heavy (non-hydrogen) atoms. The molecule has 0 aliphatic carbocycles. The number of sulfonamides is 1. The molecule has 0 atom stereocenters. The lowest BCUT2D eigenvalue weighted by Crippen LogP contribution is -2.47. The van der Waals surface area contributed by atoms with Crippen molar-refractivity contribution in [1.82, 2.24) is 14.5 Å². The van der Waals surface area contributed by atoms with Crippen LogP contribution >= 0.6 is 11.6 Å². The van der Waals surface area contributed by atoms with Gasteiger partial charge in [0.1, 0.15) is 0 Å². The van der Waals surface area contributed by atoms with E-state index in [9.17, 15) is 13.2 Å². The molecule has 0 spiro atoms. The molecule has 1 N–H and O–H groups in total. The third-order valence-electron chi connectivity index (χ3n) is 4.90. The predicted molar refractivity (Wildman–Crippen MR) is 110 cm³/mol. The van der Waals surface area contributed by atoms with E-state index in [1.807, 2.05) is 19.2 Å². The molecule has 1 fully saturated rings. The number of hydrogen-bond acceptors (Lipinski definition) is 4. The van der Waals surface area contributed by atoms with E-state index in [1.165, 1.54) is 10.4 Å². The van der Waals surface area contributed by atoms with Crippen molar-refractivity contribution < 1.29 is 13.2 Å². The number of carbonyl (C=O) groups excluding carboxylic acids is 1. The van der Waals surface area contributed by atoms with Crippen molar-refractivity contribution in [3.05, 3.63) is 64.2 Å². The molecule has 0 radical (unpaired) electrons. The summed E-state index contributed by atoms with van der Waals surface area (Å²) >= 11 is 5.87. The van der Waals surface area contributed by atoms with Crippen molar-refractivity contribution in [1.29, 1.82) is 0 Å². The van der Waals surface area contributed by atoms with Crippen LogP contribution < -0.4 is 5.32 Å². The lowest BCUT2D eigenvalue weighted by atomic mass is 10.1. The molecule has 0 aromatic heterocycles. The Hall–Kier alpha value is -1.93. The van der Waals surface area contributed by atoms with Crippen molar-refractivity contribution in [2.75, 3.05) is 33.2 Å². The van der Waals surface area contributed by atoms with Crippen LogP contribution in [0.5, 0.6) is 0 Å². The largest absolute Gasteiger partial charge is 0.348 e. The van der Waals surface area contributed by atoms with E-state index >= 15 is 0 Å². The normalized spacial score (nSPS) is 16.1. The molecule has 1 aliphatic rings. The standard InChI is InChI=1S/C20H24ClN3O3S/c1-15-3-6-17(20(25)22-14-16-4-7-18(21)8-5-16)13-19(15)28(26,27)24-11-9-23(2)10-12-24/h3-8,13H,9-12,14H2,1-2H3,(H,22,25). The molecule has 6 nitrogen and oxygen atoms in total. The van der Waals surface area contributed by atoms with Crippen LogP contribution in [-0.4, -0.2) is 56.8 Å². The first kappa shape index (κ1) is 20.8. The number of piperazine rings is 1. The fourth-order valence-corrected chi connectivity index (χ4v) is 4.87. The first-order valence-electron chi connectivity index (χ1n) is 9.09. The first-order chi connectivity index (χ1) is 13.3. The molecule has 1 aliphatic heterocycles. The monoisotopic (exact) mass is 421 g/mol. The lowest BCUT2D eigenvalue weighted by Gasteiger charge is -2.32. The van der Waals surface area contributed by atoms with Crippen LogP contribution in [0.3, 0.4) is 0 Å². The number of benzene rings is 2. The Kier molecular flexibility index (Phi) is 6.40. The number of nitrogens with zero attached hydrogens (tertiary/aromatic N) is 2. The van der Waals surface area contributed by atoms with Crippen molar-refractivity contribution in [3.8, 4) is 0 Å². The average Bonchev–Trinajstić information content (AvgIpc) is 2.68. The van der Waals surface area contributed by atoms with Crippen LogP contribution in [0.25, 0.3) is 0 Å². The highest BCUT2D eigenvalue weighted by molar-refractivity contribution is 7.89. The molecular formula is C20H24ClN3O3S. The van der Waals surface area contributed by atoms with Gasteiger partial charge in [-0.2, -0.15) is 4.31 Å². The minimum atomic E-state index is -3.63. The lowest BCUT2D eigenvalue weighted by molar-refractivity contribution is 0.0950.